The molecule has 0 spiro atoms. The molecule has 2 aromatic heterocycles. The molecule has 8 nitrogen and oxygen atoms in total. The van der Waals surface area contributed by atoms with E-state index in [4.69, 9.17) is 0 Å². The zero-order valence-corrected chi connectivity index (χ0v) is 22.2. The topological polar surface area (TPSA) is 101 Å². The summed E-state index contributed by atoms with van der Waals surface area (Å²) in [6.45, 7) is 8.12. The third kappa shape index (κ3) is 4.97. The summed E-state index contributed by atoms with van der Waals surface area (Å²) in [6.07, 6.45) is 1.38. The smallest absolute Gasteiger partial charge is 0.263 e. The predicted octanol–water partition coefficient (Wildman–Crippen LogP) is 4.41. The normalized spacial score (nSPS) is 11.8. The molecule has 0 aliphatic rings. The number of aromatic nitrogens is 2. The molecule has 0 bridgehead atoms. The number of anilines is 1. The van der Waals surface area contributed by atoms with Crippen LogP contribution in [0.4, 0.5) is 5.69 Å². The van der Waals surface area contributed by atoms with E-state index >= 15 is 0 Å². The quantitative estimate of drug-likeness (QED) is 0.368. The minimum Gasteiger partial charge on any atom is -0.325 e. The van der Waals surface area contributed by atoms with Crippen LogP contribution in [0.25, 0.3) is 21.3 Å². The molecule has 0 radical (unpaired) electrons. The van der Waals surface area contributed by atoms with Gasteiger partial charge >= 0.3 is 0 Å². The Morgan fingerprint density at radius 2 is 1.75 bits per heavy atom. The van der Waals surface area contributed by atoms with Gasteiger partial charge < -0.3 is 5.32 Å². The first kappa shape index (κ1) is 25.7. The molecule has 4 rings (SSSR count). The molecular formula is C26H28N4O4S2. The number of aryl methyl sites for hydroxylation is 2. The molecule has 10 heteroatoms. The summed E-state index contributed by atoms with van der Waals surface area (Å²) in [6, 6.07) is 12.1. The van der Waals surface area contributed by atoms with Crippen LogP contribution in [0.15, 0.2) is 63.9 Å². The zero-order valence-electron chi connectivity index (χ0n) is 20.6. The third-order valence-electron chi connectivity index (χ3n) is 6.03. The summed E-state index contributed by atoms with van der Waals surface area (Å²) in [7, 11) is -3.58. The van der Waals surface area contributed by atoms with Crippen LogP contribution < -0.4 is 10.9 Å². The Balaban J connectivity index is 1.56. The first-order chi connectivity index (χ1) is 17.1. The SMILES string of the molecule is CCN(CC)S(=O)(=O)c1ccc(NC(=O)Cn2cnc3scc(-c4ccc(C)cc4C)c3c2=O)cc1. The van der Waals surface area contributed by atoms with Crippen LogP contribution >= 0.6 is 11.3 Å². The van der Waals surface area contributed by atoms with E-state index in [1.807, 2.05) is 31.4 Å². The van der Waals surface area contributed by atoms with Crippen LogP contribution in [-0.4, -0.2) is 41.3 Å². The van der Waals surface area contributed by atoms with Crippen molar-refractivity contribution in [1.29, 1.82) is 0 Å². The van der Waals surface area contributed by atoms with Crippen molar-refractivity contribution in [1.82, 2.24) is 13.9 Å². The number of carbonyl (C=O) groups excluding carboxylic acids is 1. The van der Waals surface area contributed by atoms with E-state index in [0.717, 1.165) is 22.3 Å². The van der Waals surface area contributed by atoms with Crippen molar-refractivity contribution in [2.24, 2.45) is 0 Å². The van der Waals surface area contributed by atoms with Gasteiger partial charge in [0.15, 0.2) is 0 Å². The third-order valence-corrected chi connectivity index (χ3v) is 8.98. The van der Waals surface area contributed by atoms with Gasteiger partial charge in [0.1, 0.15) is 11.4 Å². The van der Waals surface area contributed by atoms with Crippen molar-refractivity contribution < 1.29 is 13.2 Å². The number of hydrogen-bond acceptors (Lipinski definition) is 6. The number of fused-ring (bicyclic) bond motifs is 1. The van der Waals surface area contributed by atoms with E-state index in [0.29, 0.717) is 29.0 Å². The number of thiophene rings is 1. The zero-order chi connectivity index (χ0) is 26.0. The van der Waals surface area contributed by atoms with Gasteiger partial charge in [0, 0.05) is 29.7 Å². The Morgan fingerprint density at radius 1 is 1.06 bits per heavy atom. The lowest BCUT2D eigenvalue weighted by atomic mass is 9.99. The molecule has 0 saturated carbocycles. The summed E-state index contributed by atoms with van der Waals surface area (Å²) in [4.78, 5) is 31.2. The Labute approximate surface area is 214 Å². The van der Waals surface area contributed by atoms with Gasteiger partial charge in [-0.05, 0) is 49.2 Å². The average Bonchev–Trinajstić information content (AvgIpc) is 3.26. The molecule has 1 amide bonds. The van der Waals surface area contributed by atoms with Gasteiger partial charge in [-0.3, -0.25) is 14.2 Å². The molecule has 0 aliphatic carbocycles. The summed E-state index contributed by atoms with van der Waals surface area (Å²) in [5, 5.41) is 5.14. The van der Waals surface area contributed by atoms with Crippen LogP contribution in [0.3, 0.4) is 0 Å². The lowest BCUT2D eigenvalue weighted by Crippen LogP contribution is -2.30. The second-order valence-electron chi connectivity index (χ2n) is 8.49. The number of amides is 1. The summed E-state index contributed by atoms with van der Waals surface area (Å²) in [5.41, 5.74) is 4.13. The van der Waals surface area contributed by atoms with E-state index in [-0.39, 0.29) is 17.0 Å². The number of benzene rings is 2. The fraction of sp³-hybridized carbons (Fsp3) is 0.269. The number of hydrogen-bond donors (Lipinski definition) is 1. The largest absolute Gasteiger partial charge is 0.325 e. The molecule has 1 N–H and O–H groups in total. The number of nitrogens with one attached hydrogen (secondary N) is 1. The maximum Gasteiger partial charge on any atom is 0.263 e. The van der Waals surface area contributed by atoms with Gasteiger partial charge in [0.25, 0.3) is 5.56 Å². The molecule has 0 atom stereocenters. The number of carbonyl (C=O) groups is 1. The van der Waals surface area contributed by atoms with E-state index < -0.39 is 15.9 Å². The van der Waals surface area contributed by atoms with Crippen molar-refractivity contribution in [2.75, 3.05) is 18.4 Å². The number of rotatable bonds is 8. The second kappa shape index (κ2) is 10.3. The molecule has 0 fully saturated rings. The van der Waals surface area contributed by atoms with Gasteiger partial charge in [-0.2, -0.15) is 4.31 Å². The first-order valence-electron chi connectivity index (χ1n) is 11.6. The number of nitrogens with zero attached hydrogens (tertiary/aromatic N) is 3. The predicted molar refractivity (Wildman–Crippen MR) is 144 cm³/mol. The summed E-state index contributed by atoms with van der Waals surface area (Å²) >= 11 is 1.40. The van der Waals surface area contributed by atoms with E-state index in [2.05, 4.69) is 16.4 Å². The minimum atomic E-state index is -3.58. The maximum absolute atomic E-state index is 13.3. The fourth-order valence-electron chi connectivity index (χ4n) is 4.17. The Morgan fingerprint density at radius 3 is 2.39 bits per heavy atom. The lowest BCUT2D eigenvalue weighted by molar-refractivity contribution is -0.116. The fourth-order valence-corrected chi connectivity index (χ4v) is 6.53. The Hall–Kier alpha value is -3.34. The molecule has 4 aromatic rings. The summed E-state index contributed by atoms with van der Waals surface area (Å²) < 4.78 is 28.0. The van der Waals surface area contributed by atoms with Gasteiger partial charge in [-0.25, -0.2) is 13.4 Å². The first-order valence-corrected chi connectivity index (χ1v) is 13.9. The highest BCUT2D eigenvalue weighted by Gasteiger charge is 2.21. The standard InChI is InChI=1S/C26H28N4O4S2/c1-5-30(6-2)36(33,34)20-10-8-19(9-11-20)28-23(31)14-29-16-27-25-24(26(29)32)22(15-35-25)21-12-7-17(3)13-18(21)4/h7-13,15-16H,5-6,14H2,1-4H3,(H,28,31). The van der Waals surface area contributed by atoms with Crippen LogP contribution in [0.2, 0.25) is 0 Å². The van der Waals surface area contributed by atoms with Gasteiger partial charge in [-0.1, -0.05) is 37.6 Å². The van der Waals surface area contributed by atoms with Crippen molar-refractivity contribution in [3.63, 3.8) is 0 Å². The molecule has 0 unspecified atom stereocenters. The molecule has 0 saturated heterocycles. The highest BCUT2D eigenvalue weighted by Crippen LogP contribution is 2.33. The van der Waals surface area contributed by atoms with Gasteiger partial charge in [0.2, 0.25) is 15.9 Å². The average molecular weight is 525 g/mol. The molecule has 0 aliphatic heterocycles. The van der Waals surface area contributed by atoms with Crippen LogP contribution in [0.5, 0.6) is 0 Å². The molecule has 188 valence electrons. The van der Waals surface area contributed by atoms with Crippen molar-refractivity contribution >= 4 is 43.2 Å². The maximum atomic E-state index is 13.3. The summed E-state index contributed by atoms with van der Waals surface area (Å²) in [5.74, 6) is -0.416. The van der Waals surface area contributed by atoms with Crippen LogP contribution in [0.1, 0.15) is 25.0 Å². The molecular weight excluding hydrogens is 496 g/mol. The van der Waals surface area contributed by atoms with Crippen LogP contribution in [0, 0.1) is 13.8 Å². The van der Waals surface area contributed by atoms with E-state index in [1.165, 1.54) is 50.8 Å². The Bertz CT molecular complexity index is 1580. The minimum absolute atomic E-state index is 0.159. The molecule has 2 heterocycles. The van der Waals surface area contributed by atoms with Crippen molar-refractivity contribution in [3.8, 4) is 11.1 Å². The highest BCUT2D eigenvalue weighted by molar-refractivity contribution is 7.89. The van der Waals surface area contributed by atoms with Gasteiger partial charge in [0.05, 0.1) is 16.6 Å². The van der Waals surface area contributed by atoms with E-state index in [1.54, 1.807) is 13.8 Å². The lowest BCUT2D eigenvalue weighted by Gasteiger charge is -2.18. The van der Waals surface area contributed by atoms with Crippen molar-refractivity contribution in [2.45, 2.75) is 39.1 Å². The molecule has 36 heavy (non-hydrogen) atoms. The monoisotopic (exact) mass is 524 g/mol. The van der Waals surface area contributed by atoms with Crippen molar-refractivity contribution in [3.05, 3.63) is 75.7 Å². The van der Waals surface area contributed by atoms with E-state index in [9.17, 15) is 18.0 Å². The van der Waals surface area contributed by atoms with Gasteiger partial charge in [-0.15, -0.1) is 11.3 Å². The highest BCUT2D eigenvalue weighted by atomic mass is 32.2. The Kier molecular flexibility index (Phi) is 7.39. The number of sulfonamides is 1. The second-order valence-corrected chi connectivity index (χ2v) is 11.3. The molecule has 2 aromatic carbocycles. The van der Waals surface area contributed by atoms with Crippen LogP contribution in [-0.2, 0) is 21.4 Å².